The Bertz CT molecular complexity index is 1060. The molecule has 4 rings (SSSR count). The number of aliphatic hydroxyl groups excluding tert-OH is 1. The molecule has 0 bridgehead atoms. The minimum absolute atomic E-state index is 0.0467. The molecule has 11 nitrogen and oxygen atoms in total. The second-order valence-corrected chi connectivity index (χ2v) is 9.62. The molecule has 11 heteroatoms. The number of carboxylic acids is 1. The first-order chi connectivity index (χ1) is 18.0. The predicted octanol–water partition coefficient (Wildman–Crippen LogP) is 1.25. The highest BCUT2D eigenvalue weighted by Crippen LogP contribution is 2.44. The number of likely N-dealkylation sites (tertiary alicyclic amines) is 1. The number of aryl methyl sites for hydroxylation is 1. The van der Waals surface area contributed by atoms with Gasteiger partial charge in [-0.2, -0.15) is 5.10 Å². The number of ether oxygens (including phenoxy) is 2. The Balaban J connectivity index is 1.63. The van der Waals surface area contributed by atoms with Crippen LogP contribution in [0.15, 0.2) is 30.6 Å². The fourth-order valence-electron chi connectivity index (χ4n) is 5.47. The third-order valence-electron chi connectivity index (χ3n) is 7.29. The Hall–Kier alpha value is -3.15. The number of rotatable bonds is 13. The molecule has 2 aliphatic heterocycles. The van der Waals surface area contributed by atoms with E-state index in [1.165, 1.54) is 0 Å². The molecule has 4 N–H and O–H groups in total. The summed E-state index contributed by atoms with van der Waals surface area (Å²) < 4.78 is 12.8. The lowest BCUT2D eigenvalue weighted by Gasteiger charge is -2.29. The average Bonchev–Trinajstić information content (AvgIpc) is 3.64. The summed E-state index contributed by atoms with van der Waals surface area (Å²) in [5.41, 5.74) is 7.09. The highest BCUT2D eigenvalue weighted by atomic mass is 16.7. The van der Waals surface area contributed by atoms with Crippen LogP contribution in [0.5, 0.6) is 11.5 Å². The molecular weight excluding hydrogens is 478 g/mol. The highest BCUT2D eigenvalue weighted by molar-refractivity contribution is 5.79. The molecule has 1 aromatic carbocycles. The van der Waals surface area contributed by atoms with E-state index in [1.807, 2.05) is 17.2 Å². The Kier molecular flexibility index (Phi) is 9.01. The lowest BCUT2D eigenvalue weighted by Crippen LogP contribution is -2.46. The van der Waals surface area contributed by atoms with E-state index in [4.69, 9.17) is 15.2 Å². The lowest BCUT2D eigenvalue weighted by atomic mass is 9.83. The maximum Gasteiger partial charge on any atom is 0.308 e. The van der Waals surface area contributed by atoms with E-state index < -0.39 is 17.8 Å². The van der Waals surface area contributed by atoms with E-state index in [0.717, 1.165) is 18.4 Å². The molecule has 0 saturated carbocycles. The van der Waals surface area contributed by atoms with Crippen molar-refractivity contribution in [1.82, 2.24) is 19.6 Å². The fraction of sp³-hybridized carbons (Fsp3) is 0.577. The zero-order valence-corrected chi connectivity index (χ0v) is 21.3. The van der Waals surface area contributed by atoms with Crippen molar-refractivity contribution in [3.63, 3.8) is 0 Å². The second kappa shape index (κ2) is 12.4. The maximum atomic E-state index is 13.3. The van der Waals surface area contributed by atoms with Gasteiger partial charge in [-0.1, -0.05) is 13.3 Å². The number of nitrogens with zero attached hydrogens (tertiary/aromatic N) is 4. The van der Waals surface area contributed by atoms with Gasteiger partial charge in [0.25, 0.3) is 0 Å². The van der Waals surface area contributed by atoms with Gasteiger partial charge in [0.1, 0.15) is 0 Å². The van der Waals surface area contributed by atoms with Gasteiger partial charge in [0.2, 0.25) is 12.7 Å². The molecule has 202 valence electrons. The van der Waals surface area contributed by atoms with Gasteiger partial charge in [-0.3, -0.25) is 19.2 Å². The number of carboxylic acid groups (broad SMARTS) is 1. The van der Waals surface area contributed by atoms with Crippen molar-refractivity contribution in [2.24, 2.45) is 11.7 Å². The van der Waals surface area contributed by atoms with Crippen LogP contribution in [-0.2, 0) is 22.7 Å². The summed E-state index contributed by atoms with van der Waals surface area (Å²) in [5.74, 6) is -1.12. The minimum Gasteiger partial charge on any atom is -0.481 e. The number of amides is 1. The van der Waals surface area contributed by atoms with Crippen molar-refractivity contribution in [3.05, 3.63) is 41.7 Å². The van der Waals surface area contributed by atoms with Crippen LogP contribution in [-0.4, -0.2) is 87.2 Å². The molecule has 2 aromatic rings. The van der Waals surface area contributed by atoms with Gasteiger partial charge in [-0.05, 0) is 36.6 Å². The Morgan fingerprint density at radius 1 is 1.27 bits per heavy atom. The summed E-state index contributed by atoms with van der Waals surface area (Å²) in [6.45, 7) is 4.40. The zero-order valence-electron chi connectivity index (χ0n) is 21.3. The van der Waals surface area contributed by atoms with Crippen molar-refractivity contribution in [1.29, 1.82) is 0 Å². The summed E-state index contributed by atoms with van der Waals surface area (Å²) in [7, 11) is 0. The molecule has 0 unspecified atom stereocenters. The first kappa shape index (κ1) is 26.9. The number of hydrogen-bond donors (Lipinski definition) is 3. The normalized spacial score (nSPS) is 20.9. The Morgan fingerprint density at radius 2 is 2.11 bits per heavy atom. The topological polar surface area (TPSA) is 143 Å². The number of aromatic nitrogens is 2. The fourth-order valence-corrected chi connectivity index (χ4v) is 5.47. The molecule has 2 aliphatic rings. The number of benzene rings is 1. The molecule has 3 heterocycles. The van der Waals surface area contributed by atoms with Gasteiger partial charge in [0.05, 0.1) is 19.1 Å². The smallest absolute Gasteiger partial charge is 0.308 e. The molecule has 3 atom stereocenters. The van der Waals surface area contributed by atoms with Gasteiger partial charge in [-0.15, -0.1) is 0 Å². The number of nitrogens with two attached hydrogens (primary N) is 1. The quantitative estimate of drug-likeness (QED) is 0.359. The van der Waals surface area contributed by atoms with Crippen LogP contribution in [0.1, 0.15) is 43.2 Å². The molecule has 0 aliphatic carbocycles. The van der Waals surface area contributed by atoms with Gasteiger partial charge in [0.15, 0.2) is 11.5 Å². The largest absolute Gasteiger partial charge is 0.481 e. The number of aliphatic carboxylic acids is 1. The van der Waals surface area contributed by atoms with Gasteiger partial charge >= 0.3 is 5.97 Å². The van der Waals surface area contributed by atoms with Crippen molar-refractivity contribution in [2.75, 3.05) is 39.5 Å². The molecule has 37 heavy (non-hydrogen) atoms. The lowest BCUT2D eigenvalue weighted by molar-refractivity contribution is -0.144. The van der Waals surface area contributed by atoms with E-state index in [9.17, 15) is 19.8 Å². The number of unbranched alkanes of at least 4 members (excludes halogenated alkanes) is 1. The maximum absolute atomic E-state index is 13.3. The third-order valence-corrected chi connectivity index (χ3v) is 7.29. The Labute approximate surface area is 216 Å². The average molecular weight is 516 g/mol. The summed E-state index contributed by atoms with van der Waals surface area (Å²) >= 11 is 0. The van der Waals surface area contributed by atoms with Crippen molar-refractivity contribution in [2.45, 2.75) is 51.3 Å². The van der Waals surface area contributed by atoms with Crippen LogP contribution in [0.25, 0.3) is 0 Å². The van der Waals surface area contributed by atoms with E-state index in [2.05, 4.69) is 12.0 Å². The molecular formula is C26H37N5O6. The summed E-state index contributed by atoms with van der Waals surface area (Å²) in [5, 5.41) is 24.6. The highest BCUT2D eigenvalue weighted by Gasteiger charge is 2.47. The summed E-state index contributed by atoms with van der Waals surface area (Å²) in [4.78, 5) is 29.8. The standard InChI is InChI=1S/C26H37N5O6/c1-2-3-8-29(11-6-27)23(33)15-30-14-20(18-12-19(16-32)25-22(13-18)36-17-37-25)24(26(34)35)21(30)5-10-31-9-4-7-28-31/h4,7,9,12-13,20-21,24,32H,2-3,5-6,8,10-11,14-17,27H2,1H3,(H,34,35)/t20-,21+,24-/m1/s1. The molecule has 0 spiro atoms. The zero-order chi connectivity index (χ0) is 26.4. The SMILES string of the molecule is CCCCN(CCN)C(=O)CN1C[C@H](c2cc(CO)c3c(c2)OCO3)[C@@H](C(=O)O)[C@@H]1CCn1cccn1. The molecule has 1 aromatic heterocycles. The van der Waals surface area contributed by atoms with Crippen LogP contribution >= 0.6 is 0 Å². The molecule has 1 saturated heterocycles. The van der Waals surface area contributed by atoms with Crippen LogP contribution < -0.4 is 15.2 Å². The number of carbonyl (C=O) groups excluding carboxylic acids is 1. The first-order valence-corrected chi connectivity index (χ1v) is 12.9. The van der Waals surface area contributed by atoms with E-state index >= 15 is 0 Å². The first-order valence-electron chi connectivity index (χ1n) is 12.9. The number of carbonyl (C=O) groups is 2. The molecule has 1 amide bonds. The minimum atomic E-state index is -0.918. The van der Waals surface area contributed by atoms with E-state index in [0.29, 0.717) is 56.2 Å². The summed E-state index contributed by atoms with van der Waals surface area (Å²) in [6.07, 6.45) is 5.90. The third kappa shape index (κ3) is 6.06. The predicted molar refractivity (Wildman–Crippen MR) is 135 cm³/mol. The van der Waals surface area contributed by atoms with Crippen LogP contribution in [0.2, 0.25) is 0 Å². The number of fused-ring (bicyclic) bond motifs is 1. The van der Waals surface area contributed by atoms with E-state index in [-0.39, 0.29) is 31.9 Å². The van der Waals surface area contributed by atoms with E-state index in [1.54, 1.807) is 27.9 Å². The monoisotopic (exact) mass is 515 g/mol. The van der Waals surface area contributed by atoms with Crippen molar-refractivity contribution < 1.29 is 29.3 Å². The second-order valence-electron chi connectivity index (χ2n) is 9.62. The van der Waals surface area contributed by atoms with Gasteiger partial charge < -0.3 is 30.3 Å². The molecule has 0 radical (unpaired) electrons. The van der Waals surface area contributed by atoms with Crippen molar-refractivity contribution >= 4 is 11.9 Å². The Morgan fingerprint density at radius 3 is 2.78 bits per heavy atom. The van der Waals surface area contributed by atoms with Crippen molar-refractivity contribution in [3.8, 4) is 11.5 Å². The number of aliphatic hydroxyl groups is 1. The van der Waals surface area contributed by atoms with Crippen LogP contribution in [0.3, 0.4) is 0 Å². The van der Waals surface area contributed by atoms with Gasteiger partial charge in [0, 0.05) is 62.6 Å². The number of hydrogen-bond acceptors (Lipinski definition) is 8. The van der Waals surface area contributed by atoms with Gasteiger partial charge in [-0.25, -0.2) is 0 Å². The van der Waals surface area contributed by atoms with Crippen LogP contribution in [0, 0.1) is 5.92 Å². The van der Waals surface area contributed by atoms with Crippen LogP contribution in [0.4, 0.5) is 0 Å². The summed E-state index contributed by atoms with van der Waals surface area (Å²) in [6, 6.07) is 5.05. The molecule has 1 fully saturated rings.